The lowest BCUT2D eigenvalue weighted by molar-refractivity contribution is 0.360. The summed E-state index contributed by atoms with van der Waals surface area (Å²) < 4.78 is 0. The molecule has 3 unspecified atom stereocenters. The average Bonchev–Trinajstić information content (AvgIpc) is 1.84. The Morgan fingerprint density at radius 1 is 1.00 bits per heavy atom. The first-order valence-electron chi connectivity index (χ1n) is 5.31. The second kappa shape index (κ2) is 6.47. The third kappa shape index (κ3) is 6.66. The third-order valence-corrected chi connectivity index (χ3v) is 2.36. The van der Waals surface area contributed by atoms with E-state index in [1.165, 1.54) is 25.7 Å². The number of nitrogens with two attached hydrogens (primary N) is 1. The summed E-state index contributed by atoms with van der Waals surface area (Å²) in [6.45, 7) is 9.02. The van der Waals surface area contributed by atoms with Gasteiger partial charge in [-0.1, -0.05) is 33.6 Å². The molecule has 0 rings (SSSR count). The van der Waals surface area contributed by atoms with Gasteiger partial charge in [-0.2, -0.15) is 0 Å². The molecule has 1 nitrogen and oxygen atoms in total. The van der Waals surface area contributed by atoms with E-state index in [2.05, 4.69) is 27.7 Å². The number of hydrogen-bond acceptors (Lipinski definition) is 1. The molecule has 3 atom stereocenters. The smallest absolute Gasteiger partial charge is 0.00130 e. The van der Waals surface area contributed by atoms with Crippen LogP contribution >= 0.6 is 0 Å². The van der Waals surface area contributed by atoms with Crippen molar-refractivity contribution in [3.05, 3.63) is 0 Å². The Kier molecular flexibility index (Phi) is 6.45. The van der Waals surface area contributed by atoms with Crippen LogP contribution in [0.5, 0.6) is 0 Å². The van der Waals surface area contributed by atoms with E-state index in [1.54, 1.807) is 0 Å². The predicted octanol–water partition coefficient (Wildman–Crippen LogP) is 3.19. The van der Waals surface area contributed by atoms with Crippen molar-refractivity contribution in [2.75, 3.05) is 0 Å². The molecule has 0 saturated heterocycles. The first-order chi connectivity index (χ1) is 5.56. The van der Waals surface area contributed by atoms with E-state index in [-0.39, 0.29) is 0 Å². The second-order valence-electron chi connectivity index (χ2n) is 4.45. The van der Waals surface area contributed by atoms with E-state index < -0.39 is 0 Å². The van der Waals surface area contributed by atoms with Crippen LogP contribution in [0.1, 0.15) is 53.4 Å². The minimum atomic E-state index is 0.369. The van der Waals surface area contributed by atoms with Crippen LogP contribution in [0.2, 0.25) is 0 Å². The lowest BCUT2D eigenvalue weighted by atomic mass is 9.90. The van der Waals surface area contributed by atoms with Crippen LogP contribution in [0.25, 0.3) is 0 Å². The molecule has 0 aliphatic rings. The summed E-state index contributed by atoms with van der Waals surface area (Å²) in [6.07, 6.45) is 5.19. The van der Waals surface area contributed by atoms with Gasteiger partial charge in [0.25, 0.3) is 0 Å². The molecule has 74 valence electrons. The van der Waals surface area contributed by atoms with Crippen molar-refractivity contribution in [2.24, 2.45) is 17.6 Å². The van der Waals surface area contributed by atoms with Crippen LogP contribution in [0.15, 0.2) is 0 Å². The fraction of sp³-hybridized carbons (Fsp3) is 1.00. The van der Waals surface area contributed by atoms with Gasteiger partial charge in [-0.25, -0.2) is 0 Å². The van der Waals surface area contributed by atoms with E-state index in [0.29, 0.717) is 6.04 Å². The first kappa shape index (κ1) is 12.0. The van der Waals surface area contributed by atoms with E-state index in [0.717, 1.165) is 11.8 Å². The van der Waals surface area contributed by atoms with Gasteiger partial charge >= 0.3 is 0 Å². The Morgan fingerprint density at radius 3 is 2.00 bits per heavy atom. The zero-order valence-corrected chi connectivity index (χ0v) is 9.14. The van der Waals surface area contributed by atoms with Crippen LogP contribution in [0.4, 0.5) is 0 Å². The largest absolute Gasteiger partial charge is 0.328 e. The molecule has 0 fully saturated rings. The van der Waals surface area contributed by atoms with Crippen molar-refractivity contribution in [2.45, 2.75) is 59.4 Å². The monoisotopic (exact) mass is 171 g/mol. The van der Waals surface area contributed by atoms with Crippen LogP contribution in [-0.2, 0) is 0 Å². The van der Waals surface area contributed by atoms with Gasteiger partial charge in [0, 0.05) is 6.04 Å². The van der Waals surface area contributed by atoms with Crippen LogP contribution in [0, 0.1) is 11.8 Å². The Hall–Kier alpha value is -0.0400. The van der Waals surface area contributed by atoms with Crippen molar-refractivity contribution in [1.82, 2.24) is 0 Å². The lowest BCUT2D eigenvalue weighted by Crippen LogP contribution is -2.19. The van der Waals surface area contributed by atoms with Crippen LogP contribution in [-0.4, -0.2) is 6.04 Å². The van der Waals surface area contributed by atoms with Crippen molar-refractivity contribution in [3.8, 4) is 0 Å². The summed E-state index contributed by atoms with van der Waals surface area (Å²) in [7, 11) is 0. The maximum absolute atomic E-state index is 5.74. The van der Waals surface area contributed by atoms with Crippen molar-refractivity contribution >= 4 is 0 Å². The third-order valence-electron chi connectivity index (χ3n) is 2.36. The zero-order chi connectivity index (χ0) is 9.56. The Labute approximate surface area is 77.7 Å². The fourth-order valence-corrected chi connectivity index (χ4v) is 2.03. The topological polar surface area (TPSA) is 26.0 Å². The highest BCUT2D eigenvalue weighted by atomic mass is 14.6. The van der Waals surface area contributed by atoms with Crippen LogP contribution < -0.4 is 5.73 Å². The van der Waals surface area contributed by atoms with Crippen molar-refractivity contribution in [1.29, 1.82) is 0 Å². The molecule has 0 saturated carbocycles. The Balaban J connectivity index is 3.46. The molecule has 0 bridgehead atoms. The summed E-state index contributed by atoms with van der Waals surface area (Å²) >= 11 is 0. The average molecular weight is 171 g/mol. The minimum Gasteiger partial charge on any atom is -0.328 e. The van der Waals surface area contributed by atoms with Gasteiger partial charge in [-0.3, -0.25) is 0 Å². The molecule has 0 aromatic carbocycles. The van der Waals surface area contributed by atoms with Gasteiger partial charge in [0.15, 0.2) is 0 Å². The maximum Gasteiger partial charge on any atom is 0.00130 e. The molecule has 1 heteroatoms. The molecule has 0 aromatic rings. The Morgan fingerprint density at radius 2 is 1.58 bits per heavy atom. The molecular formula is C11H25N. The van der Waals surface area contributed by atoms with Gasteiger partial charge in [0.1, 0.15) is 0 Å². The summed E-state index contributed by atoms with van der Waals surface area (Å²) in [5.41, 5.74) is 5.74. The molecule has 0 aliphatic heterocycles. The highest BCUT2D eigenvalue weighted by Gasteiger charge is 2.09. The maximum atomic E-state index is 5.74. The first-order valence-corrected chi connectivity index (χ1v) is 5.31. The van der Waals surface area contributed by atoms with E-state index in [9.17, 15) is 0 Å². The Bertz CT molecular complexity index is 99.2. The van der Waals surface area contributed by atoms with E-state index >= 15 is 0 Å². The SMILES string of the molecule is CCCC(C)CC(C)CC(C)N. The minimum absolute atomic E-state index is 0.369. The molecule has 12 heavy (non-hydrogen) atoms. The number of rotatable bonds is 6. The van der Waals surface area contributed by atoms with E-state index in [1.807, 2.05) is 0 Å². The molecule has 0 spiro atoms. The standard InChI is InChI=1S/C11H25N/c1-5-6-9(2)7-10(3)8-11(4)12/h9-11H,5-8,12H2,1-4H3. The molecular weight excluding hydrogens is 146 g/mol. The highest BCUT2D eigenvalue weighted by Crippen LogP contribution is 2.19. The zero-order valence-electron chi connectivity index (χ0n) is 9.14. The fourth-order valence-electron chi connectivity index (χ4n) is 2.03. The van der Waals surface area contributed by atoms with Gasteiger partial charge < -0.3 is 5.73 Å². The van der Waals surface area contributed by atoms with Gasteiger partial charge in [0.2, 0.25) is 0 Å². The molecule has 0 aliphatic carbocycles. The summed E-state index contributed by atoms with van der Waals surface area (Å²) in [6, 6.07) is 0.369. The molecule has 2 N–H and O–H groups in total. The summed E-state index contributed by atoms with van der Waals surface area (Å²) in [5.74, 6) is 1.68. The van der Waals surface area contributed by atoms with Crippen molar-refractivity contribution < 1.29 is 0 Å². The van der Waals surface area contributed by atoms with Crippen LogP contribution in [0.3, 0.4) is 0 Å². The van der Waals surface area contributed by atoms with E-state index in [4.69, 9.17) is 5.73 Å². The quantitative estimate of drug-likeness (QED) is 0.652. The number of hydrogen-bond donors (Lipinski definition) is 1. The highest BCUT2D eigenvalue weighted by molar-refractivity contribution is 4.64. The lowest BCUT2D eigenvalue weighted by Gasteiger charge is -2.18. The summed E-state index contributed by atoms with van der Waals surface area (Å²) in [5, 5.41) is 0. The second-order valence-corrected chi connectivity index (χ2v) is 4.45. The van der Waals surface area contributed by atoms with Gasteiger partial charge in [0.05, 0.1) is 0 Å². The normalized spacial score (nSPS) is 18.8. The van der Waals surface area contributed by atoms with Gasteiger partial charge in [-0.05, 0) is 31.6 Å². The summed E-state index contributed by atoms with van der Waals surface area (Å²) in [4.78, 5) is 0. The molecule has 0 radical (unpaired) electrons. The molecule has 0 heterocycles. The van der Waals surface area contributed by atoms with Crippen molar-refractivity contribution in [3.63, 3.8) is 0 Å². The molecule has 0 aromatic heterocycles. The van der Waals surface area contributed by atoms with Gasteiger partial charge in [-0.15, -0.1) is 0 Å². The molecule has 0 amide bonds. The predicted molar refractivity (Wildman–Crippen MR) is 56.1 cm³/mol.